The maximum Gasteiger partial charge on any atom is 0.157 e. The van der Waals surface area contributed by atoms with Crippen LogP contribution >= 0.6 is 27.5 Å². The molecular weight excluding hydrogens is 337 g/mol. The normalized spacial score (nSPS) is 10.8. The van der Waals surface area contributed by atoms with Crippen LogP contribution in [0.5, 0.6) is 5.75 Å². The van der Waals surface area contributed by atoms with E-state index in [1.807, 2.05) is 6.92 Å². The van der Waals surface area contributed by atoms with E-state index in [1.54, 1.807) is 11.7 Å². The Bertz CT molecular complexity index is 607. The molecule has 2 aromatic rings. The molecule has 19 heavy (non-hydrogen) atoms. The number of aromatic nitrogens is 2. The van der Waals surface area contributed by atoms with Crippen molar-refractivity contribution in [3.05, 3.63) is 38.8 Å². The summed E-state index contributed by atoms with van der Waals surface area (Å²) in [6.07, 6.45) is 0. The molecule has 0 fully saturated rings. The lowest BCUT2D eigenvalue weighted by molar-refractivity contribution is 0.305. The van der Waals surface area contributed by atoms with Crippen molar-refractivity contribution in [1.82, 2.24) is 9.78 Å². The lowest BCUT2D eigenvalue weighted by atomic mass is 10.2. The van der Waals surface area contributed by atoms with Gasteiger partial charge >= 0.3 is 0 Å². The summed E-state index contributed by atoms with van der Waals surface area (Å²) in [5.74, 6) is -0.0342. The van der Waals surface area contributed by atoms with Crippen LogP contribution < -0.4 is 10.5 Å². The number of nitrogen functional groups attached to an aromatic ring is 1. The predicted molar refractivity (Wildman–Crippen MR) is 75.8 cm³/mol. The minimum absolute atomic E-state index is 0.215. The second kappa shape index (κ2) is 5.38. The maximum absolute atomic E-state index is 13.1. The zero-order valence-electron chi connectivity index (χ0n) is 10.4. The molecule has 1 aromatic carbocycles. The molecule has 0 aliphatic heterocycles. The first-order valence-electron chi connectivity index (χ1n) is 5.45. The van der Waals surface area contributed by atoms with Gasteiger partial charge in [-0.1, -0.05) is 11.6 Å². The molecule has 0 aliphatic rings. The van der Waals surface area contributed by atoms with Gasteiger partial charge < -0.3 is 10.5 Å². The number of benzene rings is 1. The van der Waals surface area contributed by atoms with Gasteiger partial charge in [0.25, 0.3) is 0 Å². The second-order valence-corrected chi connectivity index (χ2v) is 5.29. The van der Waals surface area contributed by atoms with Gasteiger partial charge in [0, 0.05) is 18.7 Å². The molecular formula is C12H12BrClFN3O. The molecule has 0 radical (unpaired) electrons. The van der Waals surface area contributed by atoms with E-state index < -0.39 is 5.82 Å². The van der Waals surface area contributed by atoms with Gasteiger partial charge in [-0.05, 0) is 28.9 Å². The molecule has 7 heteroatoms. The van der Waals surface area contributed by atoms with Gasteiger partial charge in [0.1, 0.15) is 17.6 Å². The van der Waals surface area contributed by atoms with Crippen LogP contribution in [0.2, 0.25) is 5.15 Å². The Kier molecular flexibility index (Phi) is 4.01. The van der Waals surface area contributed by atoms with E-state index in [0.29, 0.717) is 15.4 Å². The number of ether oxygens (including phenoxy) is 1. The van der Waals surface area contributed by atoms with Crippen LogP contribution in [0, 0.1) is 12.7 Å². The monoisotopic (exact) mass is 347 g/mol. The first-order valence-corrected chi connectivity index (χ1v) is 6.62. The van der Waals surface area contributed by atoms with E-state index >= 15 is 0 Å². The average molecular weight is 349 g/mol. The zero-order chi connectivity index (χ0) is 14.2. The molecule has 0 unspecified atom stereocenters. The third-order valence-electron chi connectivity index (χ3n) is 2.67. The van der Waals surface area contributed by atoms with Crippen LogP contribution in [0.15, 0.2) is 16.6 Å². The minimum Gasteiger partial charge on any atom is -0.485 e. The van der Waals surface area contributed by atoms with Crippen LogP contribution in [-0.2, 0) is 13.7 Å². The number of nitrogens with two attached hydrogens (primary N) is 1. The fourth-order valence-electron chi connectivity index (χ4n) is 1.71. The van der Waals surface area contributed by atoms with Crippen molar-refractivity contribution in [3.63, 3.8) is 0 Å². The van der Waals surface area contributed by atoms with Gasteiger partial charge in [0.15, 0.2) is 5.75 Å². The average Bonchev–Trinajstić information content (AvgIpc) is 2.53. The summed E-state index contributed by atoms with van der Waals surface area (Å²) >= 11 is 9.32. The smallest absolute Gasteiger partial charge is 0.157 e. The SMILES string of the molecule is Cc1nn(C)c(Cl)c1COc1c(N)cc(F)cc1Br. The Morgan fingerprint density at radius 2 is 2.21 bits per heavy atom. The molecule has 1 heterocycles. The summed E-state index contributed by atoms with van der Waals surface area (Å²) in [4.78, 5) is 0. The quantitative estimate of drug-likeness (QED) is 0.865. The fraction of sp³-hybridized carbons (Fsp3) is 0.250. The van der Waals surface area contributed by atoms with Crippen molar-refractivity contribution < 1.29 is 9.13 Å². The van der Waals surface area contributed by atoms with E-state index in [4.69, 9.17) is 22.1 Å². The summed E-state index contributed by atoms with van der Waals surface area (Å²) < 4.78 is 20.7. The summed E-state index contributed by atoms with van der Waals surface area (Å²) in [6, 6.07) is 2.50. The minimum atomic E-state index is -0.424. The Labute approximate surface area is 123 Å². The number of rotatable bonds is 3. The van der Waals surface area contributed by atoms with E-state index in [0.717, 1.165) is 11.3 Å². The fourth-order valence-corrected chi connectivity index (χ4v) is 2.51. The Morgan fingerprint density at radius 1 is 1.53 bits per heavy atom. The van der Waals surface area contributed by atoms with Gasteiger partial charge in [-0.25, -0.2) is 4.39 Å². The van der Waals surface area contributed by atoms with Crippen molar-refractivity contribution in [3.8, 4) is 5.75 Å². The van der Waals surface area contributed by atoms with E-state index in [9.17, 15) is 4.39 Å². The molecule has 2 rings (SSSR count). The lowest BCUT2D eigenvalue weighted by Gasteiger charge is -2.11. The van der Waals surface area contributed by atoms with Crippen molar-refractivity contribution in [1.29, 1.82) is 0 Å². The van der Waals surface area contributed by atoms with E-state index in [2.05, 4.69) is 21.0 Å². The first kappa shape index (κ1) is 14.1. The van der Waals surface area contributed by atoms with E-state index in [1.165, 1.54) is 12.1 Å². The molecule has 1 aromatic heterocycles. The topological polar surface area (TPSA) is 53.1 Å². The second-order valence-electron chi connectivity index (χ2n) is 4.07. The Morgan fingerprint density at radius 3 is 2.74 bits per heavy atom. The predicted octanol–water partition coefficient (Wildman–Crippen LogP) is 3.44. The summed E-state index contributed by atoms with van der Waals surface area (Å²) in [5.41, 5.74) is 7.50. The number of halogens is 3. The molecule has 0 amide bonds. The number of aryl methyl sites for hydroxylation is 2. The highest BCUT2D eigenvalue weighted by molar-refractivity contribution is 9.10. The van der Waals surface area contributed by atoms with Crippen LogP contribution in [0.1, 0.15) is 11.3 Å². The summed E-state index contributed by atoms with van der Waals surface area (Å²) in [6.45, 7) is 2.06. The third kappa shape index (κ3) is 2.84. The highest BCUT2D eigenvalue weighted by Crippen LogP contribution is 2.33. The lowest BCUT2D eigenvalue weighted by Crippen LogP contribution is -2.01. The van der Waals surface area contributed by atoms with Crippen molar-refractivity contribution in [2.75, 3.05) is 5.73 Å². The van der Waals surface area contributed by atoms with Crippen molar-refractivity contribution >= 4 is 33.2 Å². The molecule has 0 bridgehead atoms. The molecule has 0 saturated carbocycles. The summed E-state index contributed by atoms with van der Waals surface area (Å²) in [5, 5.41) is 4.69. The number of anilines is 1. The zero-order valence-corrected chi connectivity index (χ0v) is 12.7. The Hall–Kier alpha value is -1.27. The van der Waals surface area contributed by atoms with Crippen LogP contribution in [0.25, 0.3) is 0 Å². The molecule has 2 N–H and O–H groups in total. The first-order chi connectivity index (χ1) is 8.90. The molecule has 0 saturated heterocycles. The number of hydrogen-bond donors (Lipinski definition) is 1. The number of nitrogens with zero attached hydrogens (tertiary/aromatic N) is 2. The van der Waals surface area contributed by atoms with Gasteiger partial charge in [0.05, 0.1) is 15.9 Å². The van der Waals surface area contributed by atoms with Gasteiger partial charge in [-0.2, -0.15) is 5.10 Å². The molecule has 4 nitrogen and oxygen atoms in total. The van der Waals surface area contributed by atoms with Crippen LogP contribution in [0.4, 0.5) is 10.1 Å². The molecule has 0 atom stereocenters. The number of hydrogen-bond acceptors (Lipinski definition) is 3. The van der Waals surface area contributed by atoms with Gasteiger partial charge in [-0.15, -0.1) is 0 Å². The highest BCUT2D eigenvalue weighted by atomic mass is 79.9. The van der Waals surface area contributed by atoms with Crippen LogP contribution in [-0.4, -0.2) is 9.78 Å². The third-order valence-corrected chi connectivity index (χ3v) is 3.73. The Balaban J connectivity index is 2.24. The standard InChI is InChI=1S/C12H12BrClFN3O/c1-6-8(12(14)18(2)17-6)5-19-11-9(13)3-7(15)4-10(11)16/h3-4H,5,16H2,1-2H3. The highest BCUT2D eigenvalue weighted by Gasteiger charge is 2.14. The van der Waals surface area contributed by atoms with Gasteiger partial charge in [0.2, 0.25) is 0 Å². The van der Waals surface area contributed by atoms with Crippen molar-refractivity contribution in [2.24, 2.45) is 7.05 Å². The molecule has 0 spiro atoms. The van der Waals surface area contributed by atoms with Crippen molar-refractivity contribution in [2.45, 2.75) is 13.5 Å². The largest absolute Gasteiger partial charge is 0.485 e. The van der Waals surface area contributed by atoms with Gasteiger partial charge in [-0.3, -0.25) is 4.68 Å². The summed E-state index contributed by atoms with van der Waals surface area (Å²) in [7, 11) is 1.75. The van der Waals surface area contributed by atoms with E-state index in [-0.39, 0.29) is 12.3 Å². The molecule has 0 aliphatic carbocycles. The maximum atomic E-state index is 13.1. The van der Waals surface area contributed by atoms with Crippen LogP contribution in [0.3, 0.4) is 0 Å². The molecule has 102 valence electrons.